The average Bonchev–Trinajstić information content (AvgIpc) is 2.67. The van der Waals surface area contributed by atoms with Gasteiger partial charge in [-0.1, -0.05) is 84.6 Å². The van der Waals surface area contributed by atoms with E-state index in [0.29, 0.717) is 6.61 Å². The minimum absolute atomic E-state index is 0.330. The number of aryl methyl sites for hydroxylation is 3. The molecule has 0 aliphatic rings. The first-order valence-electron chi connectivity index (χ1n) is 10.1. The Kier molecular flexibility index (Phi) is 9.04. The zero-order valence-electron chi connectivity index (χ0n) is 17.4. The molecule has 0 N–H and O–H groups in total. The number of carbonyl (C=O) groups is 1. The number of esters is 1. The lowest BCUT2D eigenvalue weighted by Crippen LogP contribution is -2.22. The molecule has 0 radical (unpaired) electrons. The van der Waals surface area contributed by atoms with Crippen molar-refractivity contribution < 1.29 is 14.3 Å². The van der Waals surface area contributed by atoms with Crippen LogP contribution in [0.1, 0.15) is 67.5 Å². The minimum Gasteiger partial charge on any atom is -0.473 e. The summed E-state index contributed by atoms with van der Waals surface area (Å²) in [7, 11) is 0. The van der Waals surface area contributed by atoms with Gasteiger partial charge in [0, 0.05) is 10.9 Å². The van der Waals surface area contributed by atoms with Gasteiger partial charge in [0.15, 0.2) is 0 Å². The van der Waals surface area contributed by atoms with Crippen molar-refractivity contribution in [3.8, 4) is 5.75 Å². The molecule has 2 aromatic carbocycles. The van der Waals surface area contributed by atoms with Crippen molar-refractivity contribution in [1.29, 1.82) is 0 Å². The Morgan fingerprint density at radius 1 is 1.04 bits per heavy atom. The van der Waals surface area contributed by atoms with Crippen LogP contribution in [0.25, 0.3) is 0 Å². The Bertz CT molecular complexity index is 758. The van der Waals surface area contributed by atoms with Gasteiger partial charge in [0.2, 0.25) is 6.10 Å². The molecule has 1 unspecified atom stereocenters. The highest BCUT2D eigenvalue weighted by Crippen LogP contribution is 2.34. The number of rotatable bonds is 10. The van der Waals surface area contributed by atoms with Crippen LogP contribution in [0.15, 0.2) is 36.4 Å². The second kappa shape index (κ2) is 11.3. The highest BCUT2D eigenvalue weighted by Gasteiger charge is 2.26. The van der Waals surface area contributed by atoms with Crippen molar-refractivity contribution in [2.75, 3.05) is 6.61 Å². The van der Waals surface area contributed by atoms with Crippen molar-refractivity contribution in [3.05, 3.63) is 64.2 Å². The van der Waals surface area contributed by atoms with Crippen molar-refractivity contribution >= 4 is 21.9 Å². The van der Waals surface area contributed by atoms with Crippen LogP contribution >= 0.6 is 15.9 Å². The van der Waals surface area contributed by atoms with Gasteiger partial charge in [0.05, 0.1) is 6.61 Å². The van der Waals surface area contributed by atoms with Crippen molar-refractivity contribution in [2.45, 2.75) is 64.8 Å². The van der Waals surface area contributed by atoms with Crippen LogP contribution in [-0.4, -0.2) is 12.6 Å². The molecule has 1 atom stereocenters. The van der Waals surface area contributed by atoms with Crippen LogP contribution in [-0.2, 0) is 27.7 Å². The van der Waals surface area contributed by atoms with Crippen LogP contribution in [0.2, 0.25) is 0 Å². The topological polar surface area (TPSA) is 35.5 Å². The van der Waals surface area contributed by atoms with Gasteiger partial charge < -0.3 is 9.47 Å². The van der Waals surface area contributed by atoms with Crippen molar-refractivity contribution in [1.82, 2.24) is 0 Å². The largest absolute Gasteiger partial charge is 0.473 e. The maximum Gasteiger partial charge on any atom is 0.352 e. The van der Waals surface area contributed by atoms with E-state index in [1.807, 2.05) is 38.1 Å². The molecule has 0 aromatic heterocycles. The predicted molar refractivity (Wildman–Crippen MR) is 118 cm³/mol. The third kappa shape index (κ3) is 5.84. The van der Waals surface area contributed by atoms with Gasteiger partial charge in [-0.05, 0) is 43.4 Å². The molecule has 2 rings (SSSR count). The molecule has 152 valence electrons. The third-order valence-electron chi connectivity index (χ3n) is 4.58. The normalized spacial score (nSPS) is 11.9. The Balaban J connectivity index is 2.53. The summed E-state index contributed by atoms with van der Waals surface area (Å²) in [5.41, 5.74) is 5.47. The average molecular weight is 447 g/mol. The van der Waals surface area contributed by atoms with Gasteiger partial charge >= 0.3 is 5.97 Å². The molecule has 28 heavy (non-hydrogen) atoms. The van der Waals surface area contributed by atoms with E-state index in [1.165, 1.54) is 5.56 Å². The summed E-state index contributed by atoms with van der Waals surface area (Å²) in [6.45, 7) is 8.49. The molecule has 0 amide bonds. The maximum absolute atomic E-state index is 12.8. The summed E-state index contributed by atoms with van der Waals surface area (Å²) >= 11 is 3.58. The Morgan fingerprint density at radius 3 is 2.18 bits per heavy atom. The summed E-state index contributed by atoms with van der Waals surface area (Å²) in [4.78, 5) is 12.8. The SMILES string of the molecule is CCCc1cc(CBr)cc(CCC)c1OC(C(=O)OCC)c1cccc(C)c1. The van der Waals surface area contributed by atoms with Gasteiger partial charge in [-0.15, -0.1) is 0 Å². The number of carbonyl (C=O) groups excluding carboxylic acids is 1. The molecule has 0 heterocycles. The number of alkyl halides is 1. The number of benzene rings is 2. The molecule has 4 heteroatoms. The molecule has 3 nitrogen and oxygen atoms in total. The lowest BCUT2D eigenvalue weighted by Gasteiger charge is -2.23. The molecule has 2 aromatic rings. The Labute approximate surface area is 177 Å². The monoisotopic (exact) mass is 446 g/mol. The first kappa shape index (κ1) is 22.5. The van der Waals surface area contributed by atoms with Gasteiger partial charge in [-0.25, -0.2) is 4.79 Å². The van der Waals surface area contributed by atoms with Crippen LogP contribution in [0.3, 0.4) is 0 Å². The van der Waals surface area contributed by atoms with Gasteiger partial charge in [0.1, 0.15) is 5.75 Å². The summed E-state index contributed by atoms with van der Waals surface area (Å²) < 4.78 is 11.8. The number of hydrogen-bond acceptors (Lipinski definition) is 3. The van der Waals surface area contributed by atoms with Crippen molar-refractivity contribution in [3.63, 3.8) is 0 Å². The fourth-order valence-corrected chi connectivity index (χ4v) is 3.71. The van der Waals surface area contributed by atoms with Crippen LogP contribution in [0.5, 0.6) is 5.75 Å². The Morgan fingerprint density at radius 2 is 1.68 bits per heavy atom. The second-order valence-corrected chi connectivity index (χ2v) is 7.60. The number of halogens is 1. The van der Waals surface area contributed by atoms with Gasteiger partial charge in [-0.3, -0.25) is 0 Å². The molecule has 0 fully saturated rings. The molecular formula is C24H31BrO3. The Hall–Kier alpha value is -1.81. The summed E-state index contributed by atoms with van der Waals surface area (Å²) in [6, 6.07) is 12.3. The van der Waals surface area contributed by atoms with E-state index >= 15 is 0 Å². The van der Waals surface area contributed by atoms with E-state index in [4.69, 9.17) is 9.47 Å². The molecule has 0 spiro atoms. The highest BCUT2D eigenvalue weighted by atomic mass is 79.9. The van der Waals surface area contributed by atoms with E-state index < -0.39 is 6.10 Å². The molecule has 0 aliphatic heterocycles. The number of ether oxygens (including phenoxy) is 2. The molecule has 0 bridgehead atoms. The van der Waals surface area contributed by atoms with E-state index in [2.05, 4.69) is 41.9 Å². The predicted octanol–water partition coefficient (Wildman–Crippen LogP) is 6.48. The van der Waals surface area contributed by atoms with E-state index in [1.54, 1.807) is 0 Å². The van der Waals surface area contributed by atoms with E-state index in [-0.39, 0.29) is 5.97 Å². The van der Waals surface area contributed by atoms with Crippen LogP contribution < -0.4 is 4.74 Å². The first-order valence-corrected chi connectivity index (χ1v) is 11.3. The summed E-state index contributed by atoms with van der Waals surface area (Å²) in [5, 5.41) is 0.805. The standard InChI is InChI=1S/C24H31BrO3/c1-5-9-19-14-18(16-25)15-20(10-6-2)22(19)28-23(24(26)27-7-3)21-12-8-11-17(4)13-21/h8,11-15,23H,5-7,9-10,16H2,1-4H3. The maximum atomic E-state index is 12.8. The van der Waals surface area contributed by atoms with E-state index in [0.717, 1.165) is 59.0 Å². The van der Waals surface area contributed by atoms with Crippen LogP contribution in [0, 0.1) is 6.92 Å². The van der Waals surface area contributed by atoms with Gasteiger partial charge in [0.25, 0.3) is 0 Å². The third-order valence-corrected chi connectivity index (χ3v) is 5.22. The zero-order valence-corrected chi connectivity index (χ0v) is 19.0. The molecule has 0 aliphatic carbocycles. The molecule has 0 saturated carbocycles. The number of hydrogen-bond donors (Lipinski definition) is 0. The zero-order chi connectivity index (χ0) is 20.5. The lowest BCUT2D eigenvalue weighted by molar-refractivity contribution is -0.151. The quantitative estimate of drug-likeness (QED) is 0.309. The first-order chi connectivity index (χ1) is 13.5. The molecular weight excluding hydrogens is 416 g/mol. The fraction of sp³-hybridized carbons (Fsp3) is 0.458. The van der Waals surface area contributed by atoms with E-state index in [9.17, 15) is 4.79 Å². The summed E-state index contributed by atoms with van der Waals surface area (Å²) in [5.74, 6) is 0.496. The van der Waals surface area contributed by atoms with Crippen molar-refractivity contribution in [2.24, 2.45) is 0 Å². The minimum atomic E-state index is -0.763. The summed E-state index contributed by atoms with van der Waals surface area (Å²) in [6.07, 6.45) is 3.09. The second-order valence-electron chi connectivity index (χ2n) is 7.04. The molecule has 0 saturated heterocycles. The lowest BCUT2D eigenvalue weighted by atomic mass is 9.98. The highest BCUT2D eigenvalue weighted by molar-refractivity contribution is 9.08. The van der Waals surface area contributed by atoms with Gasteiger partial charge in [-0.2, -0.15) is 0 Å². The smallest absolute Gasteiger partial charge is 0.352 e. The van der Waals surface area contributed by atoms with Crippen LogP contribution in [0.4, 0.5) is 0 Å². The fourth-order valence-electron chi connectivity index (χ4n) is 3.39.